The molecule has 2 aromatic rings. The van der Waals surface area contributed by atoms with Gasteiger partial charge >= 0.3 is 17.1 Å². The molecule has 0 saturated heterocycles. The van der Waals surface area contributed by atoms with E-state index in [1.165, 1.54) is 12.1 Å². The highest BCUT2D eigenvalue weighted by Crippen LogP contribution is 2.20. The van der Waals surface area contributed by atoms with Crippen molar-refractivity contribution in [3.63, 3.8) is 0 Å². The van der Waals surface area contributed by atoms with Crippen LogP contribution in [-0.4, -0.2) is 27.4 Å². The number of H-pyrrole nitrogens is 1. The number of nitrogens with zero attached hydrogens (tertiary/aromatic N) is 2. The fourth-order valence-electron chi connectivity index (χ4n) is 1.55. The van der Waals surface area contributed by atoms with Gasteiger partial charge in [-0.15, -0.1) is 0 Å². The van der Waals surface area contributed by atoms with Gasteiger partial charge in [-0.1, -0.05) is 15.9 Å². The molecule has 120 valence electrons. The first-order chi connectivity index (χ1) is 10.9. The Labute approximate surface area is 135 Å². The average Bonchev–Trinajstić information content (AvgIpc) is 2.47. The van der Waals surface area contributed by atoms with Crippen LogP contribution >= 0.6 is 15.9 Å². The summed E-state index contributed by atoms with van der Waals surface area (Å²) in [6.07, 6.45) is 0.900. The van der Waals surface area contributed by atoms with Crippen LogP contribution in [-0.2, 0) is 4.79 Å². The Morgan fingerprint density at radius 2 is 2.26 bits per heavy atom. The Kier molecular flexibility index (Phi) is 5.01. The van der Waals surface area contributed by atoms with Crippen molar-refractivity contribution < 1.29 is 18.8 Å². The van der Waals surface area contributed by atoms with E-state index >= 15 is 0 Å². The highest BCUT2D eigenvalue weighted by Gasteiger charge is 2.22. The van der Waals surface area contributed by atoms with Crippen LogP contribution in [0.4, 0.5) is 15.8 Å². The molecule has 0 aliphatic heterocycles. The number of ether oxygens (including phenoxy) is 1. The first-order valence-corrected chi connectivity index (χ1v) is 6.77. The maximum Gasteiger partial charge on any atom is 0.395 e. The predicted octanol–water partition coefficient (Wildman–Crippen LogP) is 1.60. The Balaban J connectivity index is 2.07. The topological polar surface area (TPSA) is 127 Å². The number of carbonyl (C=O) groups is 1. The summed E-state index contributed by atoms with van der Waals surface area (Å²) in [5.41, 5.74) is -2.02. The summed E-state index contributed by atoms with van der Waals surface area (Å²) < 4.78 is 18.9. The van der Waals surface area contributed by atoms with Gasteiger partial charge in [0.2, 0.25) is 0 Å². The van der Waals surface area contributed by atoms with Crippen LogP contribution < -0.4 is 15.6 Å². The SMILES string of the molecule is O=C(COc1nc[nH]c(=O)c1[N+](=O)[O-])Nc1ccc(Br)cc1F. The third-order valence-electron chi connectivity index (χ3n) is 2.52. The Bertz CT molecular complexity index is 825. The van der Waals surface area contributed by atoms with Crippen molar-refractivity contribution in [2.24, 2.45) is 0 Å². The van der Waals surface area contributed by atoms with Crippen molar-refractivity contribution in [2.75, 3.05) is 11.9 Å². The van der Waals surface area contributed by atoms with Gasteiger partial charge in [0.15, 0.2) is 6.61 Å². The Morgan fingerprint density at radius 3 is 2.91 bits per heavy atom. The number of amides is 1. The Morgan fingerprint density at radius 1 is 1.52 bits per heavy atom. The Hall–Kier alpha value is -2.82. The third-order valence-corrected chi connectivity index (χ3v) is 3.02. The molecule has 0 saturated carbocycles. The van der Waals surface area contributed by atoms with Gasteiger partial charge in [0.1, 0.15) is 5.82 Å². The molecule has 2 N–H and O–H groups in total. The minimum Gasteiger partial charge on any atom is -0.462 e. The van der Waals surface area contributed by atoms with Crippen LogP contribution in [0.15, 0.2) is 33.8 Å². The molecule has 0 bridgehead atoms. The number of hydrogen-bond donors (Lipinski definition) is 2. The van der Waals surface area contributed by atoms with Crippen molar-refractivity contribution >= 4 is 33.2 Å². The number of benzene rings is 1. The van der Waals surface area contributed by atoms with Gasteiger partial charge in [-0.05, 0) is 18.2 Å². The van der Waals surface area contributed by atoms with Crippen molar-refractivity contribution in [3.8, 4) is 5.88 Å². The number of aromatic nitrogens is 2. The van der Waals surface area contributed by atoms with Crippen LogP contribution in [0.2, 0.25) is 0 Å². The number of hydrogen-bond acceptors (Lipinski definition) is 6. The molecule has 0 spiro atoms. The number of anilines is 1. The minimum atomic E-state index is -1.01. The normalized spacial score (nSPS) is 10.2. The summed E-state index contributed by atoms with van der Waals surface area (Å²) in [5, 5.41) is 13.0. The zero-order valence-electron chi connectivity index (χ0n) is 11.2. The second kappa shape index (κ2) is 6.96. The van der Waals surface area contributed by atoms with Gasteiger partial charge in [-0.2, -0.15) is 4.98 Å². The van der Waals surface area contributed by atoms with E-state index in [-0.39, 0.29) is 5.69 Å². The van der Waals surface area contributed by atoms with Crippen LogP contribution in [0.3, 0.4) is 0 Å². The lowest BCUT2D eigenvalue weighted by Gasteiger charge is -2.07. The highest BCUT2D eigenvalue weighted by atomic mass is 79.9. The zero-order valence-corrected chi connectivity index (χ0v) is 12.8. The number of rotatable bonds is 5. The number of nitro groups is 1. The van der Waals surface area contributed by atoms with Crippen LogP contribution in [0.25, 0.3) is 0 Å². The molecule has 0 atom stereocenters. The maximum atomic E-state index is 13.6. The molecular weight excluding hydrogens is 379 g/mol. The fraction of sp³-hybridized carbons (Fsp3) is 0.0833. The molecule has 2 rings (SSSR count). The number of carbonyl (C=O) groups excluding carboxylic acids is 1. The lowest BCUT2D eigenvalue weighted by molar-refractivity contribution is -0.387. The van der Waals surface area contributed by atoms with E-state index in [0.29, 0.717) is 4.47 Å². The van der Waals surface area contributed by atoms with Crippen molar-refractivity contribution in [1.82, 2.24) is 9.97 Å². The highest BCUT2D eigenvalue weighted by molar-refractivity contribution is 9.10. The first kappa shape index (κ1) is 16.5. The lowest BCUT2D eigenvalue weighted by atomic mass is 10.3. The van der Waals surface area contributed by atoms with Gasteiger partial charge in [0.05, 0.1) is 16.9 Å². The van der Waals surface area contributed by atoms with Gasteiger partial charge < -0.3 is 15.0 Å². The van der Waals surface area contributed by atoms with Crippen molar-refractivity contribution in [1.29, 1.82) is 0 Å². The average molecular weight is 387 g/mol. The molecule has 1 amide bonds. The van der Waals surface area contributed by atoms with E-state index in [1.54, 1.807) is 0 Å². The summed E-state index contributed by atoms with van der Waals surface area (Å²) in [4.78, 5) is 38.3. The summed E-state index contributed by atoms with van der Waals surface area (Å²) >= 11 is 3.07. The molecular formula is C12H8BrFN4O5. The molecule has 9 nitrogen and oxygen atoms in total. The van der Waals surface area contributed by atoms with Gasteiger partial charge in [-0.25, -0.2) is 4.39 Å². The van der Waals surface area contributed by atoms with E-state index in [1.807, 2.05) is 4.98 Å². The second-order valence-electron chi connectivity index (χ2n) is 4.10. The van der Waals surface area contributed by atoms with Crippen molar-refractivity contribution in [3.05, 3.63) is 55.3 Å². The maximum absolute atomic E-state index is 13.6. The van der Waals surface area contributed by atoms with E-state index in [4.69, 9.17) is 4.74 Å². The molecule has 23 heavy (non-hydrogen) atoms. The lowest BCUT2D eigenvalue weighted by Crippen LogP contribution is -2.23. The monoisotopic (exact) mass is 386 g/mol. The third kappa shape index (κ3) is 4.10. The summed E-state index contributed by atoms with van der Waals surface area (Å²) in [6, 6.07) is 3.99. The summed E-state index contributed by atoms with van der Waals surface area (Å²) in [5.74, 6) is -2.05. The summed E-state index contributed by atoms with van der Waals surface area (Å²) in [7, 11) is 0. The molecule has 0 aliphatic rings. The van der Waals surface area contributed by atoms with Crippen LogP contribution in [0, 0.1) is 15.9 Å². The molecule has 0 fully saturated rings. The first-order valence-electron chi connectivity index (χ1n) is 5.98. The quantitative estimate of drug-likeness (QED) is 0.593. The molecule has 0 radical (unpaired) electrons. The summed E-state index contributed by atoms with van der Waals surface area (Å²) in [6.45, 7) is -0.688. The molecule has 11 heteroatoms. The molecule has 1 aromatic heterocycles. The van der Waals surface area contributed by atoms with E-state index in [2.05, 4.69) is 26.2 Å². The fourth-order valence-corrected chi connectivity index (χ4v) is 1.89. The van der Waals surface area contributed by atoms with E-state index in [9.17, 15) is 24.1 Å². The standard InChI is InChI=1S/C12H8BrFN4O5/c13-6-1-2-8(7(14)3-6)17-9(19)4-23-12-10(18(21)22)11(20)15-5-16-12/h1-3,5H,4H2,(H,17,19)(H,15,16,20). The van der Waals surface area contributed by atoms with E-state index < -0.39 is 40.4 Å². The zero-order chi connectivity index (χ0) is 17.0. The molecule has 0 unspecified atom stereocenters. The largest absolute Gasteiger partial charge is 0.462 e. The second-order valence-corrected chi connectivity index (χ2v) is 5.02. The minimum absolute atomic E-state index is 0.0878. The van der Waals surface area contributed by atoms with Gasteiger partial charge in [0, 0.05) is 4.47 Å². The smallest absolute Gasteiger partial charge is 0.395 e. The molecule has 1 aromatic carbocycles. The number of nitrogens with one attached hydrogen (secondary N) is 2. The molecule has 0 aliphatic carbocycles. The van der Waals surface area contributed by atoms with Gasteiger partial charge in [0.25, 0.3) is 5.91 Å². The predicted molar refractivity (Wildman–Crippen MR) is 79.7 cm³/mol. The van der Waals surface area contributed by atoms with Crippen LogP contribution in [0.1, 0.15) is 0 Å². The number of aromatic amines is 1. The molecule has 1 heterocycles. The van der Waals surface area contributed by atoms with E-state index in [0.717, 1.165) is 12.4 Å². The van der Waals surface area contributed by atoms with Gasteiger partial charge in [-0.3, -0.25) is 19.7 Å². The van der Waals surface area contributed by atoms with Crippen LogP contribution in [0.5, 0.6) is 5.88 Å². The number of halogens is 2. The van der Waals surface area contributed by atoms with Crippen molar-refractivity contribution in [2.45, 2.75) is 0 Å².